The van der Waals surface area contributed by atoms with E-state index in [1.807, 2.05) is 0 Å². The van der Waals surface area contributed by atoms with Crippen molar-refractivity contribution in [3.05, 3.63) is 0 Å². The highest BCUT2D eigenvalue weighted by molar-refractivity contribution is 6.13. The van der Waals surface area contributed by atoms with Crippen molar-refractivity contribution >= 4 is 7.81 Å². The van der Waals surface area contributed by atoms with Gasteiger partial charge in [0.15, 0.2) is 7.81 Å². The molecule has 0 aliphatic rings. The molecule has 1 nitrogen and oxygen atoms in total. The molecule has 0 heterocycles. The van der Waals surface area contributed by atoms with Crippen LogP contribution in [0.1, 0.15) is 6.92 Å². The van der Waals surface area contributed by atoms with E-state index < -0.39 is 0 Å². The third kappa shape index (κ3) is 5.01. The van der Waals surface area contributed by atoms with Gasteiger partial charge in [0.2, 0.25) is 0 Å². The first kappa shape index (κ1) is 6.27. The minimum absolute atomic E-state index is 0.162. The van der Waals surface area contributed by atoms with Gasteiger partial charge in [-0.3, -0.25) is 0 Å². The number of rotatable bonds is 2. The second-order valence-electron chi connectivity index (χ2n) is 1.37. The molecule has 0 spiro atoms. The predicted molar refractivity (Wildman–Crippen MR) is 40.6 cm³/mol. The Morgan fingerprint density at radius 3 is 2.89 bits per heavy atom. The van der Waals surface area contributed by atoms with Gasteiger partial charge in [-0.15, -0.1) is 0 Å². The molecule has 0 aromatic rings. The third-order valence-corrected chi connectivity index (χ3v) is 0.705. The Balaban J connectivity index is 3.82. The van der Waals surface area contributed by atoms with E-state index >= 15 is 0 Å². The van der Waals surface area contributed by atoms with Gasteiger partial charge in [0.25, 0.3) is 0 Å². The van der Waals surface area contributed by atoms with Gasteiger partial charge < -0.3 is 4.74 Å². The minimum Gasteiger partial charge on any atom is -0.378 e. The fourth-order valence-electron chi connectivity index (χ4n) is 0.238. The maximum Gasteiger partial charge on any atom is 0.155 e. The Labute approximate surface area is 58.5 Å². The molecule has 9 heavy (non-hydrogen) atoms. The number of hydrogen-bond donors (Lipinski definition) is 0. The van der Waals surface area contributed by atoms with E-state index in [0.29, 0.717) is 0 Å². The minimum atomic E-state index is -0.291. The highest BCUT2D eigenvalue weighted by atomic mass is 16.5. The van der Waals surface area contributed by atoms with Crippen LogP contribution in [0.2, 0.25) is 0 Å². The van der Waals surface area contributed by atoms with Crippen molar-refractivity contribution in [1.29, 1.82) is 1.34 Å². The first-order valence-electron chi connectivity index (χ1n) is 3.30. The van der Waals surface area contributed by atoms with Crippen molar-refractivity contribution in [3.8, 4) is 23.7 Å². The Morgan fingerprint density at radius 2 is 2.44 bits per heavy atom. The van der Waals surface area contributed by atoms with Gasteiger partial charge in [-0.25, -0.2) is 0 Å². The normalized spacial score (nSPS) is 11.1. The fraction of sp³-hybridized carbons (Fsp3) is 0.429. The summed E-state index contributed by atoms with van der Waals surface area (Å²) in [6, 6.07) is -0.291. The van der Waals surface area contributed by atoms with Gasteiger partial charge in [0.1, 0.15) is 0 Å². The van der Waals surface area contributed by atoms with Crippen molar-refractivity contribution < 1.29 is 4.74 Å². The summed E-state index contributed by atoms with van der Waals surface area (Å²) in [6.07, 6.45) is 0. The first-order valence-corrected chi connectivity index (χ1v) is 2.59. The van der Waals surface area contributed by atoms with Gasteiger partial charge in [0, 0.05) is 7.11 Å². The van der Waals surface area contributed by atoms with Gasteiger partial charge in [-0.05, 0) is 20.1 Å². The van der Waals surface area contributed by atoms with E-state index in [-0.39, 0.29) is 13.8 Å². The number of ether oxygens (including phenoxy) is 1. The molecule has 2 heteroatoms. The molecule has 0 N–H and O–H groups in total. The Morgan fingerprint density at radius 1 is 1.67 bits per heavy atom. The second-order valence-corrected chi connectivity index (χ2v) is 1.37. The Hall–Kier alpha value is -0.855. The summed E-state index contributed by atoms with van der Waals surface area (Å²) in [5.74, 6) is 10.5. The van der Waals surface area contributed by atoms with Crippen LogP contribution in [0.3, 0.4) is 0 Å². The molecular weight excluding hydrogens is 111 g/mol. The van der Waals surface area contributed by atoms with Gasteiger partial charge >= 0.3 is 0 Å². The largest absolute Gasteiger partial charge is 0.378 e. The van der Waals surface area contributed by atoms with E-state index in [4.69, 9.17) is 6.07 Å². The maximum atomic E-state index is 6.92. The number of hydrogen-bond acceptors (Lipinski definition) is 1. The van der Waals surface area contributed by atoms with Crippen LogP contribution in [0.15, 0.2) is 0 Å². The van der Waals surface area contributed by atoms with E-state index in [2.05, 4.69) is 23.7 Å². The zero-order chi connectivity index (χ0) is 7.82. The summed E-state index contributed by atoms with van der Waals surface area (Å²) in [6.45, 7) is 1.72. The molecule has 1 atom stereocenters. The quantitative estimate of drug-likeness (QED) is 0.358. The summed E-state index contributed by atoms with van der Waals surface area (Å²) in [4.78, 5) is 0. The zero-order valence-electron chi connectivity index (χ0n) is 6.69. The summed E-state index contributed by atoms with van der Waals surface area (Å²) in [5.41, 5.74) is 0. The lowest BCUT2D eigenvalue weighted by molar-refractivity contribution is 0.208. The summed E-state index contributed by atoms with van der Waals surface area (Å²) < 4.78 is 11.7. The van der Waals surface area contributed by atoms with Crippen molar-refractivity contribution in [2.45, 2.75) is 12.9 Å². The van der Waals surface area contributed by atoms with Gasteiger partial charge in [-0.2, -0.15) is 0 Å². The standard InChI is InChI=1S/C7H9BO/c1-3-4-5-6-7(8)9-2/h7H,8H2,1-2H3/i8T. The monoisotopic (exact) mass is 122 g/mol. The van der Waals surface area contributed by atoms with E-state index in [9.17, 15) is 0 Å². The molecule has 0 aromatic heterocycles. The van der Waals surface area contributed by atoms with E-state index in [1.54, 1.807) is 6.92 Å². The summed E-state index contributed by atoms with van der Waals surface area (Å²) >= 11 is 0. The molecule has 0 rings (SSSR count). The molecule has 46 valence electrons. The predicted octanol–water partition coefficient (Wildman–Crippen LogP) is -0.381. The summed E-state index contributed by atoms with van der Waals surface area (Å²) in [7, 11) is 1.70. The van der Waals surface area contributed by atoms with Crippen LogP contribution in [-0.4, -0.2) is 22.3 Å². The van der Waals surface area contributed by atoms with Crippen molar-refractivity contribution in [2.75, 3.05) is 7.11 Å². The van der Waals surface area contributed by atoms with Crippen LogP contribution >= 0.6 is 0 Å². The van der Waals surface area contributed by atoms with Crippen LogP contribution in [0.25, 0.3) is 0 Å². The molecule has 0 saturated carbocycles. The zero-order valence-corrected chi connectivity index (χ0v) is 5.69. The Kier molecular flexibility index (Phi) is 3.68. The Bertz CT molecular complexity index is 189. The number of methoxy groups -OCH3 is 1. The van der Waals surface area contributed by atoms with E-state index in [1.165, 1.54) is 7.11 Å². The highest BCUT2D eigenvalue weighted by Gasteiger charge is 1.86. The van der Waals surface area contributed by atoms with Gasteiger partial charge in [0.05, 0.1) is 6.00 Å². The summed E-state index contributed by atoms with van der Waals surface area (Å²) in [5, 5.41) is 0. The lowest BCUT2D eigenvalue weighted by Gasteiger charge is -1.95. The molecular formula is C7H9BO. The maximum absolute atomic E-state index is 6.92. The first-order chi connectivity index (χ1) is 4.85. The van der Waals surface area contributed by atoms with E-state index in [0.717, 1.165) is 0 Å². The SMILES string of the molecule is [3H]BC(C#CC#CC)OC. The lowest BCUT2D eigenvalue weighted by Crippen LogP contribution is -2.05. The van der Waals surface area contributed by atoms with Crippen LogP contribution in [-0.2, 0) is 4.74 Å². The van der Waals surface area contributed by atoms with Gasteiger partial charge in [-0.1, -0.05) is 11.8 Å². The van der Waals surface area contributed by atoms with Crippen molar-refractivity contribution in [1.82, 2.24) is 0 Å². The van der Waals surface area contributed by atoms with Crippen LogP contribution < -0.4 is 0 Å². The second kappa shape index (κ2) is 5.28. The van der Waals surface area contributed by atoms with Crippen molar-refractivity contribution in [3.63, 3.8) is 0 Å². The highest BCUT2D eigenvalue weighted by Crippen LogP contribution is 1.75. The molecule has 0 aromatic carbocycles. The average molecular weight is 122 g/mol. The van der Waals surface area contributed by atoms with Crippen LogP contribution in [0.5, 0.6) is 0 Å². The average Bonchev–Trinajstić information content (AvgIpc) is 1.99. The van der Waals surface area contributed by atoms with Crippen LogP contribution in [0, 0.1) is 23.7 Å². The van der Waals surface area contributed by atoms with Crippen LogP contribution in [0.4, 0.5) is 0 Å². The van der Waals surface area contributed by atoms with Crippen molar-refractivity contribution in [2.24, 2.45) is 0 Å². The molecule has 0 fully saturated rings. The molecule has 1 unspecified atom stereocenters. The fourth-order valence-corrected chi connectivity index (χ4v) is 0.238. The molecule has 0 saturated heterocycles. The lowest BCUT2D eigenvalue weighted by atomic mass is 10.0. The third-order valence-electron chi connectivity index (χ3n) is 0.705. The molecule has 0 amide bonds. The molecule has 0 aliphatic heterocycles. The topological polar surface area (TPSA) is 9.23 Å². The smallest absolute Gasteiger partial charge is 0.155 e. The molecule has 0 bridgehead atoms. The molecule has 0 aliphatic carbocycles. The molecule has 0 radical (unpaired) electrons.